The molecule has 1 amide bonds. The number of hydrogen-bond donors (Lipinski definition) is 1. The van der Waals surface area contributed by atoms with E-state index in [1.807, 2.05) is 35.7 Å². The van der Waals surface area contributed by atoms with Gasteiger partial charge in [0.2, 0.25) is 0 Å². The molecule has 19 heavy (non-hydrogen) atoms. The van der Waals surface area contributed by atoms with E-state index in [1.54, 1.807) is 4.90 Å². The van der Waals surface area contributed by atoms with Crippen LogP contribution >= 0.6 is 27.3 Å². The maximum absolute atomic E-state index is 12.6. The van der Waals surface area contributed by atoms with Gasteiger partial charge in [-0.2, -0.15) is 0 Å². The van der Waals surface area contributed by atoms with Gasteiger partial charge in [0.25, 0.3) is 5.91 Å². The lowest BCUT2D eigenvalue weighted by Crippen LogP contribution is -2.31. The highest BCUT2D eigenvalue weighted by Gasteiger charge is 2.20. The largest absolute Gasteiger partial charge is 0.399 e. The van der Waals surface area contributed by atoms with Gasteiger partial charge < -0.3 is 10.6 Å². The van der Waals surface area contributed by atoms with Gasteiger partial charge in [-0.15, -0.1) is 11.3 Å². The molecule has 0 saturated carbocycles. The average Bonchev–Trinajstić information content (AvgIpc) is 2.81. The first-order chi connectivity index (χ1) is 9.13. The summed E-state index contributed by atoms with van der Waals surface area (Å²) in [5.41, 5.74) is 7.30. The summed E-state index contributed by atoms with van der Waals surface area (Å²) >= 11 is 4.85. The van der Waals surface area contributed by atoms with Crippen molar-refractivity contribution in [2.24, 2.45) is 0 Å². The molecule has 2 aromatic rings. The minimum absolute atomic E-state index is 0.00863. The van der Waals surface area contributed by atoms with E-state index in [4.69, 9.17) is 5.73 Å². The van der Waals surface area contributed by atoms with Gasteiger partial charge in [0.05, 0.1) is 0 Å². The van der Waals surface area contributed by atoms with Crippen molar-refractivity contribution in [3.05, 3.63) is 45.1 Å². The van der Waals surface area contributed by atoms with E-state index in [1.165, 1.54) is 11.3 Å². The molecule has 0 saturated heterocycles. The highest BCUT2D eigenvalue weighted by Crippen LogP contribution is 2.27. The zero-order valence-electron chi connectivity index (χ0n) is 10.6. The van der Waals surface area contributed by atoms with Crippen molar-refractivity contribution in [1.29, 1.82) is 0 Å². The van der Waals surface area contributed by atoms with Crippen molar-refractivity contribution in [3.8, 4) is 0 Å². The van der Waals surface area contributed by atoms with Crippen LogP contribution in [0.2, 0.25) is 0 Å². The Labute approximate surface area is 125 Å². The van der Waals surface area contributed by atoms with Crippen LogP contribution in [0.3, 0.4) is 0 Å². The van der Waals surface area contributed by atoms with Gasteiger partial charge in [-0.1, -0.05) is 13.0 Å². The van der Waals surface area contributed by atoms with Crippen molar-refractivity contribution < 1.29 is 4.79 Å². The maximum Gasteiger partial charge on any atom is 0.269 e. The molecule has 0 fully saturated rings. The fraction of sp³-hybridized carbons (Fsp3) is 0.214. The predicted octanol–water partition coefficient (Wildman–Crippen LogP) is 4.15. The number of halogens is 1. The number of anilines is 2. The van der Waals surface area contributed by atoms with E-state index in [9.17, 15) is 4.79 Å². The molecular weight excluding hydrogens is 324 g/mol. The number of amides is 1. The number of nitrogens with zero attached hydrogens (tertiary/aromatic N) is 1. The minimum atomic E-state index is 0.00863. The summed E-state index contributed by atoms with van der Waals surface area (Å²) < 4.78 is 0.840. The molecule has 0 radical (unpaired) electrons. The molecule has 1 aromatic carbocycles. The molecule has 0 bridgehead atoms. The number of nitrogen functional groups attached to an aromatic ring is 1. The van der Waals surface area contributed by atoms with Gasteiger partial charge in [0.1, 0.15) is 4.88 Å². The van der Waals surface area contributed by atoms with E-state index in [-0.39, 0.29) is 5.91 Å². The quantitative estimate of drug-likeness (QED) is 0.851. The highest BCUT2D eigenvalue weighted by molar-refractivity contribution is 9.10. The van der Waals surface area contributed by atoms with E-state index >= 15 is 0 Å². The van der Waals surface area contributed by atoms with Gasteiger partial charge in [-0.3, -0.25) is 4.79 Å². The molecule has 0 atom stereocenters. The van der Waals surface area contributed by atoms with Crippen molar-refractivity contribution in [1.82, 2.24) is 0 Å². The molecule has 0 spiro atoms. The SMILES string of the molecule is CCCN(C(=O)c1sccc1Br)c1cccc(N)c1. The molecule has 0 unspecified atom stereocenters. The molecule has 1 heterocycles. The number of rotatable bonds is 4. The van der Waals surface area contributed by atoms with Gasteiger partial charge >= 0.3 is 0 Å². The van der Waals surface area contributed by atoms with Crippen LogP contribution in [0.4, 0.5) is 11.4 Å². The smallest absolute Gasteiger partial charge is 0.269 e. The van der Waals surface area contributed by atoms with Crippen LogP contribution in [0.1, 0.15) is 23.0 Å². The molecule has 2 rings (SSSR count). The van der Waals surface area contributed by atoms with E-state index in [2.05, 4.69) is 22.9 Å². The Kier molecular flexibility index (Phi) is 4.61. The summed E-state index contributed by atoms with van der Waals surface area (Å²) in [6, 6.07) is 9.31. The normalized spacial score (nSPS) is 10.4. The molecular formula is C14H15BrN2OS. The third-order valence-electron chi connectivity index (χ3n) is 2.69. The number of nitrogens with two attached hydrogens (primary N) is 1. The van der Waals surface area contributed by atoms with Gasteiger partial charge in [0.15, 0.2) is 0 Å². The Morgan fingerprint density at radius 3 is 2.79 bits per heavy atom. The molecule has 100 valence electrons. The fourth-order valence-corrected chi connectivity index (χ4v) is 3.32. The Bertz CT molecular complexity index is 582. The van der Waals surface area contributed by atoms with Crippen molar-refractivity contribution in [3.63, 3.8) is 0 Å². The topological polar surface area (TPSA) is 46.3 Å². The Balaban J connectivity index is 2.35. The standard InChI is InChI=1S/C14H15BrN2OS/c1-2-7-17(11-5-3-4-10(16)9-11)14(18)13-12(15)6-8-19-13/h3-6,8-9H,2,7,16H2,1H3. The zero-order valence-corrected chi connectivity index (χ0v) is 13.0. The van der Waals surface area contributed by atoms with Crippen LogP contribution in [0.15, 0.2) is 40.2 Å². The molecule has 0 aliphatic heterocycles. The third kappa shape index (κ3) is 3.16. The first kappa shape index (κ1) is 14.1. The van der Waals surface area contributed by atoms with Crippen LogP contribution in [0.5, 0.6) is 0 Å². The second-order valence-corrected chi connectivity index (χ2v) is 5.92. The number of benzene rings is 1. The highest BCUT2D eigenvalue weighted by atomic mass is 79.9. The lowest BCUT2D eigenvalue weighted by molar-refractivity contribution is 0.0990. The maximum atomic E-state index is 12.6. The van der Waals surface area contributed by atoms with Crippen LogP contribution in [-0.4, -0.2) is 12.5 Å². The molecule has 0 aliphatic rings. The van der Waals surface area contributed by atoms with Gasteiger partial charge in [0, 0.05) is 22.4 Å². The predicted molar refractivity (Wildman–Crippen MR) is 84.8 cm³/mol. The van der Waals surface area contributed by atoms with Crippen molar-refractivity contribution in [2.45, 2.75) is 13.3 Å². The lowest BCUT2D eigenvalue weighted by Gasteiger charge is -2.22. The summed E-state index contributed by atoms with van der Waals surface area (Å²) in [6.07, 6.45) is 0.892. The van der Waals surface area contributed by atoms with Crippen LogP contribution in [0.25, 0.3) is 0 Å². The molecule has 0 aliphatic carbocycles. The Hall–Kier alpha value is -1.33. The van der Waals surface area contributed by atoms with Gasteiger partial charge in [-0.25, -0.2) is 0 Å². The summed E-state index contributed by atoms with van der Waals surface area (Å²) in [4.78, 5) is 15.1. The number of carbonyl (C=O) groups is 1. The molecule has 1 aromatic heterocycles. The number of hydrogen-bond acceptors (Lipinski definition) is 3. The Morgan fingerprint density at radius 1 is 1.42 bits per heavy atom. The number of carbonyl (C=O) groups excluding carboxylic acids is 1. The fourth-order valence-electron chi connectivity index (χ4n) is 1.83. The minimum Gasteiger partial charge on any atom is -0.399 e. The molecule has 2 N–H and O–H groups in total. The first-order valence-corrected chi connectivity index (χ1v) is 7.71. The van der Waals surface area contributed by atoms with E-state index < -0.39 is 0 Å². The zero-order chi connectivity index (χ0) is 13.8. The lowest BCUT2D eigenvalue weighted by atomic mass is 10.2. The van der Waals surface area contributed by atoms with Crippen molar-refractivity contribution >= 4 is 44.5 Å². The van der Waals surface area contributed by atoms with Crippen LogP contribution < -0.4 is 10.6 Å². The van der Waals surface area contributed by atoms with Gasteiger partial charge in [-0.05, 0) is 52.0 Å². The van der Waals surface area contributed by atoms with Crippen LogP contribution in [-0.2, 0) is 0 Å². The summed E-state index contributed by atoms with van der Waals surface area (Å²) in [5.74, 6) is 0.00863. The van der Waals surface area contributed by atoms with E-state index in [0.717, 1.165) is 21.5 Å². The van der Waals surface area contributed by atoms with Crippen LogP contribution in [0, 0.1) is 0 Å². The second kappa shape index (κ2) is 6.21. The third-order valence-corrected chi connectivity index (χ3v) is 4.51. The second-order valence-electron chi connectivity index (χ2n) is 4.15. The Morgan fingerprint density at radius 2 is 2.21 bits per heavy atom. The first-order valence-electron chi connectivity index (χ1n) is 6.04. The summed E-state index contributed by atoms with van der Waals surface area (Å²) in [7, 11) is 0. The van der Waals surface area contributed by atoms with Crippen molar-refractivity contribution in [2.75, 3.05) is 17.2 Å². The summed E-state index contributed by atoms with van der Waals surface area (Å²) in [5, 5.41) is 1.90. The number of thiophene rings is 1. The average molecular weight is 339 g/mol. The van der Waals surface area contributed by atoms with E-state index in [0.29, 0.717) is 12.2 Å². The summed E-state index contributed by atoms with van der Waals surface area (Å²) in [6.45, 7) is 2.72. The molecule has 3 nitrogen and oxygen atoms in total. The monoisotopic (exact) mass is 338 g/mol. The molecule has 5 heteroatoms.